The molecule has 0 amide bonds. The van der Waals surface area contributed by atoms with Crippen LogP contribution >= 0.6 is 11.3 Å². The Kier molecular flexibility index (Phi) is 3.67. The second-order valence-electron chi connectivity index (χ2n) is 3.51. The van der Waals surface area contributed by atoms with Gasteiger partial charge in [-0.15, -0.1) is 11.3 Å². The monoisotopic (exact) mass is 230 g/mol. The van der Waals surface area contributed by atoms with Crippen LogP contribution in [0.25, 0.3) is 0 Å². The largest absolute Gasteiger partial charge is 0.313 e. The fourth-order valence-corrected chi connectivity index (χ4v) is 3.94. The first kappa shape index (κ1) is 10.3. The summed E-state index contributed by atoms with van der Waals surface area (Å²) < 4.78 is 11.7. The van der Waals surface area contributed by atoms with Crippen LogP contribution in [0, 0.1) is 0 Å². The third-order valence-corrected chi connectivity index (χ3v) is 4.71. The van der Waals surface area contributed by atoms with Crippen LogP contribution in [0.3, 0.4) is 0 Å². The highest BCUT2D eigenvalue weighted by molar-refractivity contribution is 7.84. The summed E-state index contributed by atoms with van der Waals surface area (Å²) >= 11 is 1.58. The summed E-state index contributed by atoms with van der Waals surface area (Å²) in [5.74, 6) is 1.46. The molecule has 1 aromatic rings. The van der Waals surface area contributed by atoms with Crippen molar-refractivity contribution in [2.75, 3.05) is 12.3 Å². The van der Waals surface area contributed by atoms with Gasteiger partial charge in [-0.1, -0.05) is 0 Å². The summed E-state index contributed by atoms with van der Waals surface area (Å²) in [6.07, 6.45) is 4.21. The minimum Gasteiger partial charge on any atom is -0.313 e. The molecular formula is C9H14N2OS2. The van der Waals surface area contributed by atoms with Crippen LogP contribution in [-0.2, 0) is 16.6 Å². The molecular weight excluding hydrogens is 216 g/mol. The summed E-state index contributed by atoms with van der Waals surface area (Å²) in [7, 11) is -0.731. The molecule has 14 heavy (non-hydrogen) atoms. The molecule has 1 aliphatic rings. The molecule has 0 bridgehead atoms. The minimum absolute atomic E-state index is 0.476. The fourth-order valence-electron chi connectivity index (χ4n) is 1.65. The lowest BCUT2D eigenvalue weighted by atomic mass is 10.3. The van der Waals surface area contributed by atoms with Gasteiger partial charge in [0.15, 0.2) is 0 Å². The van der Waals surface area contributed by atoms with Gasteiger partial charge in [0.1, 0.15) is 0 Å². The molecule has 0 radical (unpaired) electrons. The van der Waals surface area contributed by atoms with Gasteiger partial charge < -0.3 is 5.32 Å². The average Bonchev–Trinajstić information content (AvgIpc) is 2.76. The lowest BCUT2D eigenvalue weighted by Gasteiger charge is -2.08. The van der Waals surface area contributed by atoms with Gasteiger partial charge in [-0.05, 0) is 19.4 Å². The Morgan fingerprint density at radius 3 is 3.29 bits per heavy atom. The van der Waals surface area contributed by atoms with E-state index in [0.717, 1.165) is 17.2 Å². The average molecular weight is 230 g/mol. The molecule has 0 aromatic carbocycles. The van der Waals surface area contributed by atoms with E-state index < -0.39 is 10.8 Å². The Morgan fingerprint density at radius 1 is 1.71 bits per heavy atom. The first-order valence-electron chi connectivity index (χ1n) is 4.80. The molecule has 0 aliphatic carbocycles. The molecule has 78 valence electrons. The van der Waals surface area contributed by atoms with E-state index >= 15 is 0 Å². The van der Waals surface area contributed by atoms with E-state index in [4.69, 9.17) is 0 Å². The lowest BCUT2D eigenvalue weighted by Crippen LogP contribution is -2.27. The first-order chi connectivity index (χ1) is 6.84. The lowest BCUT2D eigenvalue weighted by molar-refractivity contribution is 0.643. The van der Waals surface area contributed by atoms with Crippen LogP contribution in [0.15, 0.2) is 11.7 Å². The SMILES string of the molecule is O=S(Cc1cncs1)CC1CCCN1. The number of rotatable bonds is 4. The van der Waals surface area contributed by atoms with Crippen molar-refractivity contribution in [2.45, 2.75) is 24.6 Å². The zero-order chi connectivity index (χ0) is 9.80. The Balaban J connectivity index is 1.78. The maximum atomic E-state index is 11.7. The van der Waals surface area contributed by atoms with Gasteiger partial charge in [0, 0.05) is 33.7 Å². The number of hydrogen-bond donors (Lipinski definition) is 1. The maximum absolute atomic E-state index is 11.7. The second kappa shape index (κ2) is 5.00. The highest BCUT2D eigenvalue weighted by atomic mass is 32.2. The van der Waals surface area contributed by atoms with E-state index in [1.165, 1.54) is 12.8 Å². The van der Waals surface area contributed by atoms with E-state index in [2.05, 4.69) is 10.3 Å². The van der Waals surface area contributed by atoms with Crippen LogP contribution in [-0.4, -0.2) is 27.5 Å². The molecule has 2 atom stereocenters. The second-order valence-corrected chi connectivity index (χ2v) is 5.98. The van der Waals surface area contributed by atoms with Crippen molar-refractivity contribution in [2.24, 2.45) is 0 Å². The normalized spacial score (nSPS) is 23.9. The molecule has 0 saturated carbocycles. The topological polar surface area (TPSA) is 42.0 Å². The highest BCUT2D eigenvalue weighted by Gasteiger charge is 2.17. The summed E-state index contributed by atoms with van der Waals surface area (Å²) in [6.45, 7) is 1.09. The maximum Gasteiger partial charge on any atom is 0.0794 e. The van der Waals surface area contributed by atoms with E-state index in [1.54, 1.807) is 16.8 Å². The Bertz CT molecular complexity index is 294. The number of nitrogens with one attached hydrogen (secondary N) is 1. The van der Waals surface area contributed by atoms with E-state index in [1.807, 2.05) is 6.20 Å². The van der Waals surface area contributed by atoms with Crippen LogP contribution in [0.2, 0.25) is 0 Å². The van der Waals surface area contributed by atoms with Gasteiger partial charge in [0.2, 0.25) is 0 Å². The van der Waals surface area contributed by atoms with Crippen molar-refractivity contribution in [1.82, 2.24) is 10.3 Å². The fraction of sp³-hybridized carbons (Fsp3) is 0.667. The van der Waals surface area contributed by atoms with Gasteiger partial charge in [-0.25, -0.2) is 0 Å². The molecule has 1 fully saturated rings. The van der Waals surface area contributed by atoms with Crippen molar-refractivity contribution in [3.8, 4) is 0 Å². The smallest absolute Gasteiger partial charge is 0.0794 e. The quantitative estimate of drug-likeness (QED) is 0.843. The summed E-state index contributed by atoms with van der Waals surface area (Å²) in [4.78, 5) is 5.10. The predicted octanol–water partition coefficient (Wildman–Crippen LogP) is 1.14. The van der Waals surface area contributed by atoms with Crippen molar-refractivity contribution in [3.05, 3.63) is 16.6 Å². The molecule has 1 aromatic heterocycles. The van der Waals surface area contributed by atoms with Gasteiger partial charge in [-0.3, -0.25) is 9.19 Å². The molecule has 2 heterocycles. The molecule has 0 spiro atoms. The van der Waals surface area contributed by atoms with E-state index in [-0.39, 0.29) is 0 Å². The van der Waals surface area contributed by atoms with Crippen molar-refractivity contribution >= 4 is 22.1 Å². The van der Waals surface area contributed by atoms with Crippen LogP contribution < -0.4 is 5.32 Å². The van der Waals surface area contributed by atoms with E-state index in [0.29, 0.717) is 11.8 Å². The van der Waals surface area contributed by atoms with Crippen molar-refractivity contribution in [3.63, 3.8) is 0 Å². The number of thiazole rings is 1. The Labute approximate surface area is 90.4 Å². The Hall–Kier alpha value is -0.260. The van der Waals surface area contributed by atoms with Crippen LogP contribution in [0.1, 0.15) is 17.7 Å². The molecule has 1 aliphatic heterocycles. The minimum atomic E-state index is -0.731. The Morgan fingerprint density at radius 2 is 2.64 bits per heavy atom. The number of aromatic nitrogens is 1. The van der Waals surface area contributed by atoms with E-state index in [9.17, 15) is 4.21 Å². The molecule has 2 unspecified atom stereocenters. The van der Waals surface area contributed by atoms with Crippen LogP contribution in [0.5, 0.6) is 0 Å². The standard InChI is InChI=1S/C9H14N2OS2/c12-14(5-8-2-1-3-11-8)6-9-4-10-7-13-9/h4,7-8,11H,1-3,5-6H2. The molecule has 5 heteroatoms. The summed E-state index contributed by atoms with van der Waals surface area (Å²) in [5.41, 5.74) is 1.79. The third kappa shape index (κ3) is 2.87. The third-order valence-electron chi connectivity index (χ3n) is 2.34. The number of hydrogen-bond acceptors (Lipinski definition) is 4. The zero-order valence-corrected chi connectivity index (χ0v) is 9.57. The highest BCUT2D eigenvalue weighted by Crippen LogP contribution is 2.12. The summed E-state index contributed by atoms with van der Waals surface area (Å²) in [6, 6.07) is 0.476. The van der Waals surface area contributed by atoms with Crippen molar-refractivity contribution < 1.29 is 4.21 Å². The molecule has 2 rings (SSSR count). The van der Waals surface area contributed by atoms with Gasteiger partial charge in [-0.2, -0.15) is 0 Å². The molecule has 1 saturated heterocycles. The number of nitrogens with zero attached hydrogens (tertiary/aromatic N) is 1. The van der Waals surface area contributed by atoms with Crippen LogP contribution in [0.4, 0.5) is 0 Å². The van der Waals surface area contributed by atoms with Gasteiger partial charge in [0.05, 0.1) is 11.3 Å². The summed E-state index contributed by atoms with van der Waals surface area (Å²) in [5, 5.41) is 3.36. The molecule has 3 nitrogen and oxygen atoms in total. The van der Waals surface area contributed by atoms with Gasteiger partial charge >= 0.3 is 0 Å². The first-order valence-corrected chi connectivity index (χ1v) is 7.17. The van der Waals surface area contributed by atoms with Gasteiger partial charge in [0.25, 0.3) is 0 Å². The zero-order valence-electron chi connectivity index (χ0n) is 7.94. The molecule has 1 N–H and O–H groups in total. The predicted molar refractivity (Wildman–Crippen MR) is 59.9 cm³/mol. The van der Waals surface area contributed by atoms with Crippen molar-refractivity contribution in [1.29, 1.82) is 0 Å².